The van der Waals surface area contributed by atoms with E-state index in [9.17, 15) is 4.39 Å². The van der Waals surface area contributed by atoms with E-state index >= 15 is 0 Å². The van der Waals surface area contributed by atoms with Gasteiger partial charge >= 0.3 is 0 Å². The molecule has 0 amide bonds. The lowest BCUT2D eigenvalue weighted by molar-refractivity contribution is 0.209. The molecular weight excluding hydrogens is 411 g/mol. The molecule has 1 fully saturated rings. The zero-order chi connectivity index (χ0) is 23.8. The van der Waals surface area contributed by atoms with Crippen molar-refractivity contribution in [1.82, 2.24) is 4.90 Å². The molecule has 1 heterocycles. The first-order valence-corrected chi connectivity index (χ1v) is 12.1. The van der Waals surface area contributed by atoms with Crippen LogP contribution in [-0.2, 0) is 6.42 Å². The SMILES string of the molecule is C=C(N)c1ccc(N2CCC(CN(CCC)CCCc3ccc(C(=C)N)c(F)c3)CC2)cc1. The molecule has 0 unspecified atom stereocenters. The first-order valence-electron chi connectivity index (χ1n) is 12.1. The quantitative estimate of drug-likeness (QED) is 0.491. The van der Waals surface area contributed by atoms with E-state index in [1.165, 1.54) is 18.5 Å². The molecule has 0 aromatic heterocycles. The summed E-state index contributed by atoms with van der Waals surface area (Å²) >= 11 is 0. The van der Waals surface area contributed by atoms with Gasteiger partial charge in [0.1, 0.15) is 5.82 Å². The first kappa shape index (κ1) is 24.8. The van der Waals surface area contributed by atoms with Gasteiger partial charge in [0.05, 0.1) is 0 Å². The van der Waals surface area contributed by atoms with Crippen molar-refractivity contribution in [2.45, 2.75) is 39.0 Å². The van der Waals surface area contributed by atoms with Gasteiger partial charge in [-0.3, -0.25) is 0 Å². The van der Waals surface area contributed by atoms with Gasteiger partial charge in [-0.2, -0.15) is 0 Å². The second kappa shape index (κ2) is 11.9. The summed E-state index contributed by atoms with van der Waals surface area (Å²) in [5.41, 5.74) is 16.0. The fraction of sp³-hybridized carbons (Fsp3) is 0.429. The highest BCUT2D eigenvalue weighted by Gasteiger charge is 2.21. The monoisotopic (exact) mass is 450 g/mol. The van der Waals surface area contributed by atoms with Gasteiger partial charge in [0.15, 0.2) is 0 Å². The highest BCUT2D eigenvalue weighted by atomic mass is 19.1. The van der Waals surface area contributed by atoms with E-state index in [4.69, 9.17) is 11.5 Å². The molecular formula is C28H39FN4. The van der Waals surface area contributed by atoms with Crippen LogP contribution >= 0.6 is 0 Å². The molecule has 1 aliphatic heterocycles. The molecule has 3 rings (SSSR count). The third-order valence-corrected chi connectivity index (χ3v) is 6.59. The van der Waals surface area contributed by atoms with Gasteiger partial charge < -0.3 is 21.3 Å². The maximum Gasteiger partial charge on any atom is 0.132 e. The predicted molar refractivity (Wildman–Crippen MR) is 139 cm³/mol. The lowest BCUT2D eigenvalue weighted by Gasteiger charge is -2.36. The highest BCUT2D eigenvalue weighted by molar-refractivity contribution is 5.63. The largest absolute Gasteiger partial charge is 0.399 e. The third-order valence-electron chi connectivity index (χ3n) is 6.59. The summed E-state index contributed by atoms with van der Waals surface area (Å²) in [5, 5.41) is 0. The van der Waals surface area contributed by atoms with Crippen LogP contribution in [0.15, 0.2) is 55.6 Å². The summed E-state index contributed by atoms with van der Waals surface area (Å²) in [6, 6.07) is 13.7. The van der Waals surface area contributed by atoms with Crippen molar-refractivity contribution >= 4 is 17.1 Å². The lowest BCUT2D eigenvalue weighted by atomic mass is 9.95. The van der Waals surface area contributed by atoms with Gasteiger partial charge in [0, 0.05) is 42.3 Å². The smallest absolute Gasteiger partial charge is 0.132 e. The standard InChI is InChI=1S/C28H39FN4/c1-4-15-32(16-5-6-23-7-12-27(22(3)31)28(29)19-23)20-24-13-17-33(18-14-24)26-10-8-25(9-11-26)21(2)30/h7-12,19,24H,2-6,13-18,20,30-31H2,1H3. The molecule has 0 aliphatic carbocycles. The Morgan fingerprint density at radius 1 is 1.03 bits per heavy atom. The summed E-state index contributed by atoms with van der Waals surface area (Å²) in [6.07, 6.45) is 5.47. The van der Waals surface area contributed by atoms with E-state index in [1.807, 2.05) is 6.07 Å². The van der Waals surface area contributed by atoms with Crippen molar-refractivity contribution in [1.29, 1.82) is 0 Å². The number of nitrogens with zero attached hydrogens (tertiary/aromatic N) is 2. The third kappa shape index (κ3) is 7.10. The summed E-state index contributed by atoms with van der Waals surface area (Å²) in [4.78, 5) is 5.06. The lowest BCUT2D eigenvalue weighted by Crippen LogP contribution is -2.39. The van der Waals surface area contributed by atoms with Crippen molar-refractivity contribution in [2.24, 2.45) is 17.4 Å². The second-order valence-corrected chi connectivity index (χ2v) is 9.25. The second-order valence-electron chi connectivity index (χ2n) is 9.25. The van der Waals surface area contributed by atoms with Crippen molar-refractivity contribution < 1.29 is 4.39 Å². The molecule has 2 aromatic rings. The topological polar surface area (TPSA) is 58.5 Å². The zero-order valence-electron chi connectivity index (χ0n) is 20.0. The molecule has 0 radical (unpaired) electrons. The number of hydrogen-bond acceptors (Lipinski definition) is 4. The number of benzene rings is 2. The number of piperidine rings is 1. The van der Waals surface area contributed by atoms with Crippen LogP contribution in [-0.4, -0.2) is 37.6 Å². The van der Waals surface area contributed by atoms with Crippen LogP contribution in [0.2, 0.25) is 0 Å². The average Bonchev–Trinajstić information content (AvgIpc) is 2.79. The molecule has 2 aromatic carbocycles. The maximum absolute atomic E-state index is 14.2. The van der Waals surface area contributed by atoms with Crippen LogP contribution in [0.4, 0.5) is 10.1 Å². The summed E-state index contributed by atoms with van der Waals surface area (Å²) in [5.74, 6) is 0.447. The number of anilines is 1. The van der Waals surface area contributed by atoms with Crippen molar-refractivity contribution in [2.75, 3.05) is 37.6 Å². The molecule has 0 bridgehead atoms. The normalized spacial score (nSPS) is 14.6. The minimum Gasteiger partial charge on any atom is -0.399 e. The van der Waals surface area contributed by atoms with Crippen LogP contribution in [0.1, 0.15) is 49.3 Å². The molecule has 5 heteroatoms. The summed E-state index contributed by atoms with van der Waals surface area (Å²) < 4.78 is 14.2. The Morgan fingerprint density at radius 3 is 2.30 bits per heavy atom. The maximum atomic E-state index is 14.2. The van der Waals surface area contributed by atoms with Crippen molar-refractivity contribution in [3.05, 3.63) is 78.1 Å². The number of nitrogens with two attached hydrogens (primary N) is 2. The van der Waals surface area contributed by atoms with Gasteiger partial charge in [0.25, 0.3) is 0 Å². The average molecular weight is 451 g/mol. The number of hydrogen-bond donors (Lipinski definition) is 2. The first-order chi connectivity index (χ1) is 15.9. The Bertz CT molecular complexity index is 929. The van der Waals surface area contributed by atoms with E-state index in [0.29, 0.717) is 11.3 Å². The van der Waals surface area contributed by atoms with Gasteiger partial charge in [-0.15, -0.1) is 0 Å². The Labute approximate surface area is 198 Å². The Kier molecular flexibility index (Phi) is 8.95. The molecule has 0 spiro atoms. The van der Waals surface area contributed by atoms with E-state index in [0.717, 1.165) is 69.0 Å². The van der Waals surface area contributed by atoms with Crippen LogP contribution in [0.25, 0.3) is 11.4 Å². The van der Waals surface area contributed by atoms with E-state index in [2.05, 4.69) is 54.1 Å². The number of rotatable bonds is 11. The Morgan fingerprint density at radius 2 is 1.73 bits per heavy atom. The summed E-state index contributed by atoms with van der Waals surface area (Å²) in [7, 11) is 0. The van der Waals surface area contributed by atoms with E-state index < -0.39 is 0 Å². The minimum absolute atomic E-state index is 0.276. The molecule has 0 saturated carbocycles. The highest BCUT2D eigenvalue weighted by Crippen LogP contribution is 2.25. The number of halogens is 1. The predicted octanol–water partition coefficient (Wildman–Crippen LogP) is 5.25. The van der Waals surface area contributed by atoms with E-state index in [-0.39, 0.29) is 11.5 Å². The fourth-order valence-corrected chi connectivity index (χ4v) is 4.72. The van der Waals surface area contributed by atoms with Gasteiger partial charge in [-0.25, -0.2) is 4.39 Å². The van der Waals surface area contributed by atoms with Crippen molar-refractivity contribution in [3.63, 3.8) is 0 Å². The van der Waals surface area contributed by atoms with Crippen LogP contribution in [0, 0.1) is 11.7 Å². The molecule has 0 atom stereocenters. The molecule has 1 saturated heterocycles. The molecule has 33 heavy (non-hydrogen) atoms. The zero-order valence-corrected chi connectivity index (χ0v) is 20.0. The van der Waals surface area contributed by atoms with Gasteiger partial charge in [0.2, 0.25) is 0 Å². The molecule has 1 aliphatic rings. The summed E-state index contributed by atoms with van der Waals surface area (Å²) in [6.45, 7) is 15.2. The van der Waals surface area contributed by atoms with Gasteiger partial charge in [-0.05, 0) is 86.5 Å². The van der Waals surface area contributed by atoms with E-state index in [1.54, 1.807) is 12.1 Å². The van der Waals surface area contributed by atoms with Crippen LogP contribution in [0.3, 0.4) is 0 Å². The molecule has 4 nitrogen and oxygen atoms in total. The van der Waals surface area contributed by atoms with Crippen LogP contribution in [0.5, 0.6) is 0 Å². The molecule has 178 valence electrons. The minimum atomic E-state index is -0.278. The Balaban J connectivity index is 1.46. The number of aryl methyl sites for hydroxylation is 1. The van der Waals surface area contributed by atoms with Crippen LogP contribution < -0.4 is 16.4 Å². The Hall–Kier alpha value is -2.79. The van der Waals surface area contributed by atoms with Crippen molar-refractivity contribution in [3.8, 4) is 0 Å². The fourth-order valence-electron chi connectivity index (χ4n) is 4.72. The molecule has 4 N–H and O–H groups in total. The van der Waals surface area contributed by atoms with Gasteiger partial charge in [-0.1, -0.05) is 38.3 Å².